The third kappa shape index (κ3) is 2.50. The number of carbonyl (C=O) groups excluding carboxylic acids is 1. The number of aromatic nitrogens is 1. The third-order valence-electron chi connectivity index (χ3n) is 3.63. The first-order valence-corrected chi connectivity index (χ1v) is 6.76. The number of amides is 1. The van der Waals surface area contributed by atoms with Gasteiger partial charge >= 0.3 is 0 Å². The van der Waals surface area contributed by atoms with E-state index < -0.39 is 0 Å². The fraction of sp³-hybridized carbons (Fsp3) is 0.250. The predicted octanol–water partition coefficient (Wildman–Crippen LogP) is 2.00. The molecule has 102 valence electrons. The molecule has 0 aliphatic carbocycles. The maximum Gasteiger partial charge on any atom is 0.251 e. The molecule has 1 aromatic heterocycles. The van der Waals surface area contributed by atoms with Crippen molar-refractivity contribution < 1.29 is 4.79 Å². The van der Waals surface area contributed by atoms with Crippen LogP contribution >= 0.6 is 0 Å². The number of rotatable bonds is 3. The van der Waals surface area contributed by atoms with Crippen LogP contribution in [0.1, 0.15) is 21.6 Å². The Morgan fingerprint density at radius 1 is 1.35 bits per heavy atom. The van der Waals surface area contributed by atoms with Crippen molar-refractivity contribution in [1.29, 1.82) is 0 Å². The fourth-order valence-corrected chi connectivity index (χ4v) is 2.48. The van der Waals surface area contributed by atoms with Crippen LogP contribution in [0.25, 0.3) is 0 Å². The van der Waals surface area contributed by atoms with Gasteiger partial charge in [-0.05, 0) is 42.3 Å². The van der Waals surface area contributed by atoms with Gasteiger partial charge < -0.3 is 10.2 Å². The summed E-state index contributed by atoms with van der Waals surface area (Å²) >= 11 is 0. The van der Waals surface area contributed by atoms with Crippen LogP contribution in [0.2, 0.25) is 0 Å². The lowest BCUT2D eigenvalue weighted by molar-refractivity contribution is 0.0950. The summed E-state index contributed by atoms with van der Waals surface area (Å²) < 4.78 is 0. The molecule has 2 heterocycles. The molecule has 1 aromatic carbocycles. The van der Waals surface area contributed by atoms with Crippen molar-refractivity contribution in [3.05, 3.63) is 59.4 Å². The SMILES string of the molecule is CN1CCc2cc(C(=O)NCc3ccccn3)ccc21. The first-order valence-electron chi connectivity index (χ1n) is 6.76. The van der Waals surface area contributed by atoms with Gasteiger partial charge in [0.05, 0.1) is 12.2 Å². The van der Waals surface area contributed by atoms with Crippen LogP contribution in [0.15, 0.2) is 42.6 Å². The fourth-order valence-electron chi connectivity index (χ4n) is 2.48. The summed E-state index contributed by atoms with van der Waals surface area (Å²) in [6.45, 7) is 1.48. The van der Waals surface area contributed by atoms with Crippen molar-refractivity contribution in [2.45, 2.75) is 13.0 Å². The molecular formula is C16H17N3O. The molecule has 4 heteroatoms. The summed E-state index contributed by atoms with van der Waals surface area (Å²) in [5.74, 6) is -0.0481. The molecule has 1 aliphatic heterocycles. The second-order valence-corrected chi connectivity index (χ2v) is 5.02. The summed E-state index contributed by atoms with van der Waals surface area (Å²) in [6, 6.07) is 11.6. The number of hydrogen-bond acceptors (Lipinski definition) is 3. The van der Waals surface area contributed by atoms with E-state index in [9.17, 15) is 4.79 Å². The van der Waals surface area contributed by atoms with E-state index in [1.54, 1.807) is 6.20 Å². The maximum absolute atomic E-state index is 12.1. The summed E-state index contributed by atoms with van der Waals surface area (Å²) in [4.78, 5) is 18.6. The van der Waals surface area contributed by atoms with Crippen molar-refractivity contribution in [2.24, 2.45) is 0 Å². The second kappa shape index (κ2) is 5.33. The molecule has 0 radical (unpaired) electrons. The molecule has 4 nitrogen and oxygen atoms in total. The molecule has 0 fully saturated rings. The average molecular weight is 267 g/mol. The Kier molecular flexibility index (Phi) is 3.37. The van der Waals surface area contributed by atoms with Crippen molar-refractivity contribution in [2.75, 3.05) is 18.5 Å². The van der Waals surface area contributed by atoms with Gasteiger partial charge in [0, 0.05) is 31.0 Å². The van der Waals surface area contributed by atoms with Crippen LogP contribution in [0.5, 0.6) is 0 Å². The standard InChI is InChI=1S/C16H17N3O/c1-19-9-7-12-10-13(5-6-15(12)19)16(20)18-11-14-4-2-3-8-17-14/h2-6,8,10H,7,9,11H2,1H3,(H,18,20). The Hall–Kier alpha value is -2.36. The highest BCUT2D eigenvalue weighted by molar-refractivity contribution is 5.95. The lowest BCUT2D eigenvalue weighted by atomic mass is 10.1. The van der Waals surface area contributed by atoms with Crippen molar-refractivity contribution in [1.82, 2.24) is 10.3 Å². The van der Waals surface area contributed by atoms with Crippen molar-refractivity contribution in [3.63, 3.8) is 0 Å². The van der Waals surface area contributed by atoms with E-state index in [0.29, 0.717) is 6.54 Å². The highest BCUT2D eigenvalue weighted by Crippen LogP contribution is 2.27. The van der Waals surface area contributed by atoms with Gasteiger partial charge in [-0.25, -0.2) is 0 Å². The van der Waals surface area contributed by atoms with E-state index in [1.807, 2.05) is 36.4 Å². The van der Waals surface area contributed by atoms with Gasteiger partial charge in [0.25, 0.3) is 5.91 Å². The van der Waals surface area contributed by atoms with Crippen LogP contribution in [0.4, 0.5) is 5.69 Å². The molecule has 0 saturated carbocycles. The van der Waals surface area contributed by atoms with Crippen LogP contribution in [0.3, 0.4) is 0 Å². The van der Waals surface area contributed by atoms with Gasteiger partial charge in [-0.3, -0.25) is 9.78 Å². The Morgan fingerprint density at radius 3 is 3.05 bits per heavy atom. The summed E-state index contributed by atoms with van der Waals surface area (Å²) in [7, 11) is 2.08. The lowest BCUT2D eigenvalue weighted by Crippen LogP contribution is -2.23. The summed E-state index contributed by atoms with van der Waals surface area (Å²) in [5.41, 5.74) is 4.06. The van der Waals surface area contributed by atoms with E-state index in [2.05, 4.69) is 22.2 Å². The van der Waals surface area contributed by atoms with Crippen LogP contribution in [-0.2, 0) is 13.0 Å². The smallest absolute Gasteiger partial charge is 0.251 e. The number of benzene rings is 1. The number of pyridine rings is 1. The molecule has 0 unspecified atom stereocenters. The number of hydrogen-bond donors (Lipinski definition) is 1. The minimum atomic E-state index is -0.0481. The highest BCUT2D eigenvalue weighted by Gasteiger charge is 2.17. The zero-order valence-corrected chi connectivity index (χ0v) is 11.5. The van der Waals surface area contributed by atoms with E-state index in [1.165, 1.54) is 11.3 Å². The summed E-state index contributed by atoms with van der Waals surface area (Å²) in [6.07, 6.45) is 2.74. The van der Waals surface area contributed by atoms with Gasteiger partial charge in [0.2, 0.25) is 0 Å². The molecule has 0 atom stereocenters. The minimum Gasteiger partial charge on any atom is -0.374 e. The van der Waals surface area contributed by atoms with Gasteiger partial charge in [0.15, 0.2) is 0 Å². The number of likely N-dealkylation sites (N-methyl/N-ethyl adjacent to an activating group) is 1. The monoisotopic (exact) mass is 267 g/mol. The Balaban J connectivity index is 1.69. The van der Waals surface area contributed by atoms with Gasteiger partial charge in [-0.1, -0.05) is 6.07 Å². The molecule has 20 heavy (non-hydrogen) atoms. The van der Waals surface area contributed by atoms with Crippen LogP contribution in [-0.4, -0.2) is 24.5 Å². The average Bonchev–Trinajstić information content (AvgIpc) is 2.87. The second-order valence-electron chi connectivity index (χ2n) is 5.02. The first-order chi connectivity index (χ1) is 9.74. The van der Waals surface area contributed by atoms with Gasteiger partial charge in [-0.2, -0.15) is 0 Å². The summed E-state index contributed by atoms with van der Waals surface area (Å²) in [5, 5.41) is 2.90. The maximum atomic E-state index is 12.1. The molecule has 0 spiro atoms. The molecule has 0 bridgehead atoms. The topological polar surface area (TPSA) is 45.2 Å². The lowest BCUT2D eigenvalue weighted by Gasteiger charge is -2.12. The molecule has 3 rings (SSSR count). The quantitative estimate of drug-likeness (QED) is 0.925. The molecular weight excluding hydrogens is 250 g/mol. The predicted molar refractivity (Wildman–Crippen MR) is 78.8 cm³/mol. The van der Waals surface area contributed by atoms with E-state index >= 15 is 0 Å². The minimum absolute atomic E-state index is 0.0481. The first kappa shape index (κ1) is 12.7. The zero-order chi connectivity index (χ0) is 13.9. The molecule has 2 aromatic rings. The normalized spacial score (nSPS) is 13.2. The van der Waals surface area contributed by atoms with Gasteiger partial charge in [0.1, 0.15) is 0 Å². The number of carbonyl (C=O) groups is 1. The van der Waals surface area contributed by atoms with Crippen LogP contribution < -0.4 is 10.2 Å². The Labute approximate surface area is 118 Å². The van der Waals surface area contributed by atoms with Crippen molar-refractivity contribution in [3.8, 4) is 0 Å². The van der Waals surface area contributed by atoms with E-state index in [4.69, 9.17) is 0 Å². The number of nitrogens with zero attached hydrogens (tertiary/aromatic N) is 2. The Bertz CT molecular complexity index is 625. The number of nitrogens with one attached hydrogen (secondary N) is 1. The largest absolute Gasteiger partial charge is 0.374 e. The number of anilines is 1. The van der Waals surface area contributed by atoms with Crippen LogP contribution in [0, 0.1) is 0 Å². The Morgan fingerprint density at radius 2 is 2.25 bits per heavy atom. The number of fused-ring (bicyclic) bond motifs is 1. The van der Waals surface area contributed by atoms with E-state index in [-0.39, 0.29) is 5.91 Å². The van der Waals surface area contributed by atoms with Gasteiger partial charge in [-0.15, -0.1) is 0 Å². The third-order valence-corrected chi connectivity index (χ3v) is 3.63. The molecule has 1 aliphatic rings. The molecule has 0 saturated heterocycles. The molecule has 1 N–H and O–H groups in total. The highest BCUT2D eigenvalue weighted by atomic mass is 16.1. The van der Waals surface area contributed by atoms with Crippen molar-refractivity contribution >= 4 is 11.6 Å². The zero-order valence-electron chi connectivity index (χ0n) is 11.5. The van der Waals surface area contributed by atoms with E-state index in [0.717, 1.165) is 24.2 Å². The molecule has 1 amide bonds.